The molecule has 1 aromatic heterocycles. The Kier molecular flexibility index (Phi) is 3.54. The molecule has 0 bridgehead atoms. The van der Waals surface area contributed by atoms with Crippen molar-refractivity contribution in [2.45, 2.75) is 32.1 Å². The lowest BCUT2D eigenvalue weighted by atomic mass is 9.88. The molecule has 0 saturated heterocycles. The third kappa shape index (κ3) is 2.59. The van der Waals surface area contributed by atoms with E-state index in [-0.39, 0.29) is 17.3 Å². The van der Waals surface area contributed by atoms with E-state index in [9.17, 15) is 9.59 Å². The summed E-state index contributed by atoms with van der Waals surface area (Å²) in [7, 11) is 0. The molecule has 0 spiro atoms. The van der Waals surface area contributed by atoms with Crippen LogP contribution in [0.2, 0.25) is 0 Å². The number of anilines is 1. The topological polar surface area (TPSA) is 59.3 Å². The van der Waals surface area contributed by atoms with E-state index in [1.165, 1.54) is 18.8 Å². The van der Waals surface area contributed by atoms with Crippen molar-refractivity contribution < 1.29 is 9.21 Å². The Morgan fingerprint density at radius 2 is 1.95 bits per heavy atom. The molecule has 1 saturated carbocycles. The van der Waals surface area contributed by atoms with Crippen LogP contribution in [-0.2, 0) is 4.79 Å². The molecule has 0 unspecified atom stereocenters. The maximum atomic E-state index is 12.2. The van der Waals surface area contributed by atoms with E-state index < -0.39 is 0 Å². The molecule has 104 valence electrons. The molecule has 2 aromatic rings. The fourth-order valence-electron chi connectivity index (χ4n) is 2.77. The van der Waals surface area contributed by atoms with Crippen LogP contribution in [0.4, 0.5) is 5.69 Å². The number of amides is 1. The van der Waals surface area contributed by atoms with E-state index in [1.54, 1.807) is 18.2 Å². The standard InChI is InChI=1S/C16H17NO3/c18-14-8-9-20-15-7-6-12(10-13(14)15)17-16(19)11-4-2-1-3-5-11/h6-11H,1-5H2,(H,17,19). The first-order chi connectivity index (χ1) is 9.74. The molecular formula is C16H17NO3. The zero-order valence-electron chi connectivity index (χ0n) is 11.2. The number of hydrogen-bond acceptors (Lipinski definition) is 3. The molecule has 1 aromatic carbocycles. The lowest BCUT2D eigenvalue weighted by Crippen LogP contribution is -2.24. The van der Waals surface area contributed by atoms with Gasteiger partial charge < -0.3 is 9.73 Å². The third-order valence-electron chi connectivity index (χ3n) is 3.90. The van der Waals surface area contributed by atoms with Crippen LogP contribution in [0.3, 0.4) is 0 Å². The molecule has 1 fully saturated rings. The Labute approximate surface area is 116 Å². The average Bonchev–Trinajstić information content (AvgIpc) is 2.49. The Balaban J connectivity index is 1.82. The Bertz CT molecular complexity index is 683. The maximum absolute atomic E-state index is 12.2. The van der Waals surface area contributed by atoms with Gasteiger partial charge in [-0.2, -0.15) is 0 Å². The fraction of sp³-hybridized carbons (Fsp3) is 0.375. The van der Waals surface area contributed by atoms with Gasteiger partial charge in [0.15, 0.2) is 5.43 Å². The first kappa shape index (κ1) is 12.9. The Hall–Kier alpha value is -2.10. The first-order valence-corrected chi connectivity index (χ1v) is 7.06. The van der Waals surface area contributed by atoms with E-state index in [0.29, 0.717) is 16.7 Å². The highest BCUT2D eigenvalue weighted by Gasteiger charge is 2.21. The monoisotopic (exact) mass is 271 g/mol. The number of carbonyl (C=O) groups excluding carboxylic acids is 1. The predicted octanol–water partition coefficient (Wildman–Crippen LogP) is 3.31. The minimum Gasteiger partial charge on any atom is -0.464 e. The summed E-state index contributed by atoms with van der Waals surface area (Å²) in [4.78, 5) is 23.9. The normalized spacial score (nSPS) is 16.2. The number of carbonyl (C=O) groups is 1. The predicted molar refractivity (Wildman–Crippen MR) is 77.7 cm³/mol. The van der Waals surface area contributed by atoms with E-state index in [1.807, 2.05) is 0 Å². The lowest BCUT2D eigenvalue weighted by Gasteiger charge is -2.20. The van der Waals surface area contributed by atoms with E-state index >= 15 is 0 Å². The first-order valence-electron chi connectivity index (χ1n) is 7.06. The summed E-state index contributed by atoms with van der Waals surface area (Å²) in [6, 6.07) is 6.55. The quantitative estimate of drug-likeness (QED) is 0.911. The molecule has 4 heteroatoms. The van der Waals surface area contributed by atoms with Crippen molar-refractivity contribution in [3.05, 3.63) is 40.8 Å². The van der Waals surface area contributed by atoms with Crippen molar-refractivity contribution in [2.24, 2.45) is 5.92 Å². The van der Waals surface area contributed by atoms with Gasteiger partial charge in [-0.25, -0.2) is 0 Å². The van der Waals surface area contributed by atoms with E-state index in [0.717, 1.165) is 25.7 Å². The van der Waals surface area contributed by atoms with E-state index in [2.05, 4.69) is 5.32 Å². The molecule has 0 atom stereocenters. The molecular weight excluding hydrogens is 254 g/mol. The highest BCUT2D eigenvalue weighted by molar-refractivity contribution is 5.94. The Morgan fingerprint density at radius 1 is 1.15 bits per heavy atom. The fourth-order valence-corrected chi connectivity index (χ4v) is 2.77. The largest absolute Gasteiger partial charge is 0.464 e. The highest BCUT2D eigenvalue weighted by Crippen LogP contribution is 2.25. The van der Waals surface area contributed by atoms with Crippen LogP contribution in [0.5, 0.6) is 0 Å². The summed E-state index contributed by atoms with van der Waals surface area (Å²) in [6.07, 6.45) is 6.77. The van der Waals surface area contributed by atoms with Gasteiger partial charge in [0.25, 0.3) is 0 Å². The van der Waals surface area contributed by atoms with Crippen molar-refractivity contribution in [1.82, 2.24) is 0 Å². The molecule has 20 heavy (non-hydrogen) atoms. The molecule has 0 aliphatic heterocycles. The van der Waals surface area contributed by atoms with Crippen molar-refractivity contribution in [3.63, 3.8) is 0 Å². The molecule has 0 radical (unpaired) electrons. The zero-order chi connectivity index (χ0) is 13.9. The highest BCUT2D eigenvalue weighted by atomic mass is 16.3. The zero-order valence-corrected chi connectivity index (χ0v) is 11.2. The van der Waals surface area contributed by atoms with Gasteiger partial charge >= 0.3 is 0 Å². The van der Waals surface area contributed by atoms with Gasteiger partial charge in [0.05, 0.1) is 11.6 Å². The van der Waals surface area contributed by atoms with Crippen molar-refractivity contribution in [2.75, 3.05) is 5.32 Å². The van der Waals surface area contributed by atoms with Crippen LogP contribution in [0.25, 0.3) is 11.0 Å². The summed E-state index contributed by atoms with van der Waals surface area (Å²) in [6.45, 7) is 0. The maximum Gasteiger partial charge on any atom is 0.227 e. The van der Waals surface area contributed by atoms with Crippen LogP contribution >= 0.6 is 0 Å². The third-order valence-corrected chi connectivity index (χ3v) is 3.90. The second kappa shape index (κ2) is 5.49. The van der Waals surface area contributed by atoms with Gasteiger partial charge in [-0.1, -0.05) is 19.3 Å². The molecule has 1 amide bonds. The second-order valence-corrected chi connectivity index (χ2v) is 5.32. The van der Waals surface area contributed by atoms with Crippen molar-refractivity contribution in [3.8, 4) is 0 Å². The summed E-state index contributed by atoms with van der Waals surface area (Å²) in [5, 5.41) is 3.41. The van der Waals surface area contributed by atoms with Gasteiger partial charge in [-0.15, -0.1) is 0 Å². The van der Waals surface area contributed by atoms with Crippen LogP contribution in [0.1, 0.15) is 32.1 Å². The molecule has 1 aliphatic carbocycles. The molecule has 4 nitrogen and oxygen atoms in total. The van der Waals surface area contributed by atoms with Crippen LogP contribution in [0.15, 0.2) is 39.7 Å². The SMILES string of the molecule is O=C(Nc1ccc2occc(=O)c2c1)C1CCCCC1. The Morgan fingerprint density at radius 3 is 2.75 bits per heavy atom. The van der Waals surface area contributed by atoms with Crippen LogP contribution in [0, 0.1) is 5.92 Å². The number of rotatable bonds is 2. The average molecular weight is 271 g/mol. The second-order valence-electron chi connectivity index (χ2n) is 5.32. The number of hydrogen-bond donors (Lipinski definition) is 1. The summed E-state index contributed by atoms with van der Waals surface area (Å²) < 4.78 is 5.26. The number of benzene rings is 1. The van der Waals surface area contributed by atoms with Crippen molar-refractivity contribution >= 4 is 22.6 Å². The molecule has 1 N–H and O–H groups in total. The summed E-state index contributed by atoms with van der Waals surface area (Å²) in [5.41, 5.74) is 1.10. The number of fused-ring (bicyclic) bond motifs is 1. The van der Waals surface area contributed by atoms with Crippen LogP contribution in [-0.4, -0.2) is 5.91 Å². The minimum absolute atomic E-state index is 0.0596. The molecule has 1 heterocycles. The van der Waals surface area contributed by atoms with E-state index in [4.69, 9.17) is 4.42 Å². The van der Waals surface area contributed by atoms with Crippen LogP contribution < -0.4 is 10.7 Å². The summed E-state index contributed by atoms with van der Waals surface area (Å²) in [5.74, 6) is 0.163. The van der Waals surface area contributed by atoms with Gasteiger partial charge in [0, 0.05) is 17.7 Å². The number of nitrogens with one attached hydrogen (secondary N) is 1. The molecule has 1 aliphatic rings. The molecule has 3 rings (SSSR count). The van der Waals surface area contributed by atoms with Gasteiger partial charge in [-0.3, -0.25) is 9.59 Å². The summed E-state index contributed by atoms with van der Waals surface area (Å²) >= 11 is 0. The van der Waals surface area contributed by atoms with Gasteiger partial charge in [0.2, 0.25) is 5.91 Å². The smallest absolute Gasteiger partial charge is 0.227 e. The van der Waals surface area contributed by atoms with Gasteiger partial charge in [-0.05, 0) is 31.0 Å². The van der Waals surface area contributed by atoms with Crippen molar-refractivity contribution in [1.29, 1.82) is 0 Å². The lowest BCUT2D eigenvalue weighted by molar-refractivity contribution is -0.120. The minimum atomic E-state index is -0.0972. The van der Waals surface area contributed by atoms with Gasteiger partial charge in [0.1, 0.15) is 5.58 Å².